The molecule has 1 N–H and O–H groups in total. The maximum atomic E-state index is 12.2. The zero-order chi connectivity index (χ0) is 16.0. The molecule has 0 bridgehead atoms. The Balaban J connectivity index is 3.04. The van der Waals surface area contributed by atoms with Gasteiger partial charge in [0.2, 0.25) is 0 Å². The number of esters is 1. The van der Waals surface area contributed by atoms with Crippen molar-refractivity contribution >= 4 is 17.6 Å². The highest BCUT2D eigenvalue weighted by atomic mass is 19.4. The first-order valence-electron chi connectivity index (χ1n) is 6.03. The number of carbonyl (C=O) groups is 2. The fourth-order valence-electron chi connectivity index (χ4n) is 1.42. The number of rotatable bonds is 5. The Labute approximate surface area is 119 Å². The molecule has 0 unspecified atom stereocenters. The van der Waals surface area contributed by atoms with E-state index in [1.807, 2.05) is 6.92 Å². The Morgan fingerprint density at radius 2 is 1.95 bits per heavy atom. The molecule has 0 atom stereocenters. The van der Waals surface area contributed by atoms with Gasteiger partial charge >= 0.3 is 18.1 Å². The van der Waals surface area contributed by atoms with Crippen molar-refractivity contribution in [3.05, 3.63) is 23.8 Å². The van der Waals surface area contributed by atoms with Crippen molar-refractivity contribution < 1.29 is 32.2 Å². The number of methoxy groups -OCH3 is 1. The molecular weight excluding hydrogens is 291 g/mol. The minimum atomic E-state index is -5.01. The van der Waals surface area contributed by atoms with Gasteiger partial charge in [-0.2, -0.15) is 13.2 Å². The molecule has 1 aromatic rings. The third-order valence-corrected chi connectivity index (χ3v) is 2.36. The van der Waals surface area contributed by atoms with Crippen LogP contribution in [0.2, 0.25) is 0 Å². The Kier molecular flexibility index (Phi) is 5.57. The zero-order valence-electron chi connectivity index (χ0n) is 11.4. The maximum Gasteiger partial charge on any atom is 0.471 e. The standard InChI is InChI=1S/C13H14F3NO4/c1-3-6-21-10-5-4-8(7-9(10)11(18)20-2)17-12(19)13(14,15)16/h4-5,7H,3,6H2,1-2H3,(H,17,19). The minimum Gasteiger partial charge on any atom is -0.493 e. The molecular formula is C13H14F3NO4. The molecule has 0 aliphatic heterocycles. The van der Waals surface area contributed by atoms with E-state index in [9.17, 15) is 22.8 Å². The molecule has 1 rings (SSSR count). The van der Waals surface area contributed by atoms with Crippen molar-refractivity contribution in [1.29, 1.82) is 0 Å². The van der Waals surface area contributed by atoms with E-state index in [1.165, 1.54) is 12.1 Å². The van der Waals surface area contributed by atoms with E-state index in [1.54, 1.807) is 5.32 Å². The van der Waals surface area contributed by atoms with Crippen molar-refractivity contribution in [2.24, 2.45) is 0 Å². The summed E-state index contributed by atoms with van der Waals surface area (Å²) >= 11 is 0. The van der Waals surface area contributed by atoms with Crippen LogP contribution in [-0.2, 0) is 9.53 Å². The van der Waals surface area contributed by atoms with Crippen LogP contribution >= 0.6 is 0 Å². The number of ether oxygens (including phenoxy) is 2. The summed E-state index contributed by atoms with van der Waals surface area (Å²) < 4.78 is 46.4. The maximum absolute atomic E-state index is 12.2. The average Bonchev–Trinajstić information content (AvgIpc) is 2.43. The van der Waals surface area contributed by atoms with Crippen LogP contribution in [0.4, 0.5) is 18.9 Å². The molecule has 0 spiro atoms. The van der Waals surface area contributed by atoms with Crippen LogP contribution in [0.1, 0.15) is 23.7 Å². The first kappa shape index (κ1) is 16.8. The summed E-state index contributed by atoms with van der Waals surface area (Å²) in [4.78, 5) is 22.5. The number of nitrogens with one attached hydrogen (secondary N) is 1. The minimum absolute atomic E-state index is 0.0640. The van der Waals surface area contributed by atoms with Gasteiger partial charge in [-0.25, -0.2) is 4.79 Å². The summed E-state index contributed by atoms with van der Waals surface area (Å²) in [5, 5.41) is 1.66. The molecule has 0 aliphatic carbocycles. The highest BCUT2D eigenvalue weighted by molar-refractivity contribution is 5.98. The average molecular weight is 305 g/mol. The number of hydrogen-bond acceptors (Lipinski definition) is 4. The number of halogens is 3. The fraction of sp³-hybridized carbons (Fsp3) is 0.385. The quantitative estimate of drug-likeness (QED) is 0.850. The number of benzene rings is 1. The Hall–Kier alpha value is -2.25. The van der Waals surface area contributed by atoms with Gasteiger partial charge in [0, 0.05) is 5.69 Å². The zero-order valence-corrected chi connectivity index (χ0v) is 11.4. The SMILES string of the molecule is CCCOc1ccc(NC(=O)C(F)(F)F)cc1C(=O)OC. The van der Waals surface area contributed by atoms with Crippen molar-refractivity contribution in [3.8, 4) is 5.75 Å². The van der Waals surface area contributed by atoms with E-state index in [0.717, 1.165) is 13.2 Å². The van der Waals surface area contributed by atoms with Gasteiger partial charge in [-0.1, -0.05) is 6.92 Å². The third kappa shape index (κ3) is 4.66. The largest absolute Gasteiger partial charge is 0.493 e. The van der Waals surface area contributed by atoms with Crippen LogP contribution in [0.15, 0.2) is 18.2 Å². The van der Waals surface area contributed by atoms with Gasteiger partial charge in [-0.15, -0.1) is 0 Å². The Morgan fingerprint density at radius 1 is 1.29 bits per heavy atom. The molecule has 0 saturated carbocycles. The van der Waals surface area contributed by atoms with Crippen molar-refractivity contribution in [2.75, 3.05) is 19.0 Å². The van der Waals surface area contributed by atoms with E-state index < -0.39 is 18.1 Å². The van der Waals surface area contributed by atoms with Crippen molar-refractivity contribution in [1.82, 2.24) is 0 Å². The molecule has 1 aromatic carbocycles. The van der Waals surface area contributed by atoms with Gasteiger partial charge in [0.25, 0.3) is 0 Å². The molecule has 0 heterocycles. The van der Waals surface area contributed by atoms with Crippen molar-refractivity contribution in [2.45, 2.75) is 19.5 Å². The molecule has 116 valence electrons. The summed E-state index contributed by atoms with van der Waals surface area (Å²) in [7, 11) is 1.13. The molecule has 5 nitrogen and oxygen atoms in total. The van der Waals surface area contributed by atoms with Crippen LogP contribution in [-0.4, -0.2) is 31.8 Å². The molecule has 8 heteroatoms. The molecule has 0 fully saturated rings. The number of anilines is 1. The normalized spacial score (nSPS) is 10.9. The second-order valence-corrected chi connectivity index (χ2v) is 4.00. The topological polar surface area (TPSA) is 64.6 Å². The van der Waals surface area contributed by atoms with Gasteiger partial charge in [0.15, 0.2) is 0 Å². The molecule has 0 aliphatic rings. The summed E-state index contributed by atoms with van der Waals surface area (Å²) in [6.45, 7) is 2.19. The Morgan fingerprint density at radius 3 is 2.48 bits per heavy atom. The van der Waals surface area contributed by atoms with Gasteiger partial charge in [-0.05, 0) is 24.6 Å². The van der Waals surface area contributed by atoms with Crippen LogP contribution in [0, 0.1) is 0 Å². The predicted octanol–water partition coefficient (Wildman–Crippen LogP) is 2.76. The molecule has 0 aromatic heterocycles. The number of hydrogen-bond donors (Lipinski definition) is 1. The van der Waals surface area contributed by atoms with E-state index in [4.69, 9.17) is 4.74 Å². The summed E-state index contributed by atoms with van der Waals surface area (Å²) in [5.41, 5.74) is -0.243. The number of carbonyl (C=O) groups excluding carboxylic acids is 2. The van der Waals surface area contributed by atoms with Crippen molar-refractivity contribution in [3.63, 3.8) is 0 Å². The van der Waals surface area contributed by atoms with Crippen LogP contribution in [0.25, 0.3) is 0 Å². The lowest BCUT2D eigenvalue weighted by Crippen LogP contribution is -2.30. The third-order valence-electron chi connectivity index (χ3n) is 2.36. The van der Waals surface area contributed by atoms with Crippen LogP contribution in [0.3, 0.4) is 0 Å². The first-order valence-corrected chi connectivity index (χ1v) is 6.03. The lowest BCUT2D eigenvalue weighted by atomic mass is 10.1. The summed E-state index contributed by atoms with van der Waals surface area (Å²) in [6.07, 6.45) is -4.32. The predicted molar refractivity (Wildman–Crippen MR) is 68.3 cm³/mol. The Bertz CT molecular complexity index is 529. The van der Waals surface area contributed by atoms with Gasteiger partial charge in [0.05, 0.1) is 13.7 Å². The highest BCUT2D eigenvalue weighted by Gasteiger charge is 2.38. The van der Waals surface area contributed by atoms with Gasteiger partial charge < -0.3 is 14.8 Å². The lowest BCUT2D eigenvalue weighted by molar-refractivity contribution is -0.167. The van der Waals surface area contributed by atoms with Gasteiger partial charge in [-0.3, -0.25) is 4.79 Å². The van der Waals surface area contributed by atoms with E-state index in [2.05, 4.69) is 4.74 Å². The van der Waals surface area contributed by atoms with E-state index >= 15 is 0 Å². The summed E-state index contributed by atoms with van der Waals surface area (Å²) in [5.74, 6) is -2.72. The van der Waals surface area contributed by atoms with E-state index in [-0.39, 0.29) is 17.0 Å². The molecule has 0 radical (unpaired) electrons. The molecule has 21 heavy (non-hydrogen) atoms. The second kappa shape index (κ2) is 6.96. The number of amides is 1. The summed E-state index contributed by atoms with van der Waals surface area (Å²) in [6, 6.07) is 3.58. The fourth-order valence-corrected chi connectivity index (χ4v) is 1.42. The van der Waals surface area contributed by atoms with Gasteiger partial charge in [0.1, 0.15) is 11.3 Å². The first-order chi connectivity index (χ1) is 9.79. The monoisotopic (exact) mass is 305 g/mol. The number of alkyl halides is 3. The van der Waals surface area contributed by atoms with E-state index in [0.29, 0.717) is 13.0 Å². The molecule has 1 amide bonds. The van der Waals surface area contributed by atoms with Crippen LogP contribution < -0.4 is 10.1 Å². The second-order valence-electron chi connectivity index (χ2n) is 4.00. The smallest absolute Gasteiger partial charge is 0.471 e. The lowest BCUT2D eigenvalue weighted by Gasteiger charge is -2.12. The highest BCUT2D eigenvalue weighted by Crippen LogP contribution is 2.25. The molecule has 0 saturated heterocycles. The van der Waals surface area contributed by atoms with Crippen LogP contribution in [0.5, 0.6) is 5.75 Å².